The van der Waals surface area contributed by atoms with Gasteiger partial charge in [0.2, 0.25) is 0 Å². The summed E-state index contributed by atoms with van der Waals surface area (Å²) in [5, 5.41) is 18.6. The van der Waals surface area contributed by atoms with E-state index in [1.807, 2.05) is 54.8 Å². The van der Waals surface area contributed by atoms with E-state index < -0.39 is 6.04 Å². The van der Waals surface area contributed by atoms with Crippen molar-refractivity contribution in [3.63, 3.8) is 0 Å². The second-order valence-corrected chi connectivity index (χ2v) is 10.6. The van der Waals surface area contributed by atoms with Crippen LogP contribution in [0.25, 0.3) is 11.1 Å². The smallest absolute Gasteiger partial charge is 0.308 e. The summed E-state index contributed by atoms with van der Waals surface area (Å²) >= 11 is 1.69. The highest BCUT2D eigenvalue weighted by molar-refractivity contribution is 7.15. The highest BCUT2D eigenvalue weighted by atomic mass is 32.1. The average Bonchev–Trinajstić information content (AvgIpc) is 3.35. The summed E-state index contributed by atoms with van der Waals surface area (Å²) in [6, 6.07) is 7.62. The van der Waals surface area contributed by atoms with Gasteiger partial charge in [-0.2, -0.15) is 0 Å². The minimum atomic E-state index is -0.504. The van der Waals surface area contributed by atoms with E-state index in [0.717, 1.165) is 51.6 Å². The van der Waals surface area contributed by atoms with Crippen molar-refractivity contribution < 1.29 is 14.7 Å². The second kappa shape index (κ2) is 9.14. The molecule has 1 aliphatic carbocycles. The molecule has 2 aliphatic rings. The minimum absolute atomic E-state index is 0.110. The van der Waals surface area contributed by atoms with Crippen LogP contribution >= 0.6 is 11.3 Å². The third-order valence-corrected chi connectivity index (χ3v) is 7.81. The lowest BCUT2D eigenvalue weighted by atomic mass is 9.98. The Kier molecular flexibility index (Phi) is 6.16. The molecule has 1 fully saturated rings. The third kappa shape index (κ3) is 4.59. The molecule has 2 N–H and O–H groups in total. The van der Waals surface area contributed by atoms with Gasteiger partial charge in [0.15, 0.2) is 5.82 Å². The Balaban J connectivity index is 1.59. The van der Waals surface area contributed by atoms with E-state index in [-0.39, 0.29) is 18.0 Å². The van der Waals surface area contributed by atoms with Crippen molar-refractivity contribution >= 4 is 29.1 Å². The van der Waals surface area contributed by atoms with Gasteiger partial charge in [-0.3, -0.25) is 14.4 Å². The quantitative estimate of drug-likeness (QED) is 0.369. The normalized spacial score (nSPS) is 18.1. The van der Waals surface area contributed by atoms with Crippen LogP contribution in [0.15, 0.2) is 35.3 Å². The van der Waals surface area contributed by atoms with Gasteiger partial charge in [-0.25, -0.2) is 5.48 Å². The fraction of sp³-hybridized carbons (Fsp3) is 0.385. The topological polar surface area (TPSA) is 102 Å². The lowest BCUT2D eigenvalue weighted by Gasteiger charge is -2.15. The zero-order chi connectivity index (χ0) is 24.7. The van der Waals surface area contributed by atoms with Crippen molar-refractivity contribution in [2.45, 2.75) is 58.6 Å². The van der Waals surface area contributed by atoms with E-state index in [0.29, 0.717) is 12.4 Å². The number of aliphatic imine (C=N–C) groups is 1. The molecule has 35 heavy (non-hydrogen) atoms. The molecule has 0 unspecified atom stereocenters. The fourth-order valence-corrected chi connectivity index (χ4v) is 5.49. The lowest BCUT2D eigenvalue weighted by Crippen LogP contribution is -2.19. The first-order chi connectivity index (χ1) is 16.8. The van der Waals surface area contributed by atoms with Crippen LogP contribution in [0.4, 0.5) is 0 Å². The maximum atomic E-state index is 12.9. The Labute approximate surface area is 208 Å². The molecule has 3 heterocycles. The summed E-state index contributed by atoms with van der Waals surface area (Å²) in [5.74, 6) is 1.17. The van der Waals surface area contributed by atoms with Crippen LogP contribution < -0.4 is 5.48 Å². The van der Waals surface area contributed by atoms with Crippen LogP contribution in [0, 0.1) is 20.8 Å². The van der Waals surface area contributed by atoms with Gasteiger partial charge >= 0.3 is 5.97 Å². The number of hydrogen-bond donors (Lipinski definition) is 2. The predicted molar refractivity (Wildman–Crippen MR) is 135 cm³/mol. The Bertz CT molecular complexity index is 1330. The molecule has 2 aromatic heterocycles. The molecule has 3 aromatic rings. The molecule has 1 aliphatic heterocycles. The van der Waals surface area contributed by atoms with Crippen LogP contribution in [0.3, 0.4) is 0 Å². The largest absolute Gasteiger partial charge is 0.459 e. The highest BCUT2D eigenvalue weighted by Crippen LogP contribution is 2.42. The number of nitrogens with zero attached hydrogens (tertiary/aromatic N) is 4. The van der Waals surface area contributed by atoms with Gasteiger partial charge in [0.05, 0.1) is 12.1 Å². The average molecular weight is 492 g/mol. The predicted octanol–water partition coefficient (Wildman–Crippen LogP) is 4.62. The molecule has 182 valence electrons. The fourth-order valence-electron chi connectivity index (χ4n) is 4.28. The van der Waals surface area contributed by atoms with Crippen LogP contribution in [-0.2, 0) is 9.53 Å². The van der Waals surface area contributed by atoms with Crippen LogP contribution in [-0.4, -0.2) is 43.8 Å². The molecule has 1 saturated carbocycles. The number of ether oxygens (including phenoxy) is 1. The SMILES string of the molecule is Cc1sc2c(c1C)C(c1ccc(/C=C/CNO)cc1)=N[C@@H](CC(=O)OC1(C)CC1)c1nnc(C)n1-2. The Morgan fingerprint density at radius 3 is 2.69 bits per heavy atom. The van der Waals surface area contributed by atoms with Gasteiger partial charge in [0, 0.05) is 22.5 Å². The first-order valence-corrected chi connectivity index (χ1v) is 12.6. The molecule has 1 atom stereocenters. The second-order valence-electron chi connectivity index (χ2n) is 9.41. The van der Waals surface area contributed by atoms with Crippen molar-refractivity contribution in [2.75, 3.05) is 6.54 Å². The van der Waals surface area contributed by atoms with E-state index in [9.17, 15) is 4.79 Å². The number of nitrogens with one attached hydrogen (secondary N) is 1. The van der Waals surface area contributed by atoms with Crippen molar-refractivity contribution in [3.05, 3.63) is 69.1 Å². The highest BCUT2D eigenvalue weighted by Gasteiger charge is 2.42. The summed E-state index contributed by atoms with van der Waals surface area (Å²) in [7, 11) is 0. The molecule has 9 heteroatoms. The van der Waals surface area contributed by atoms with Gasteiger partial charge in [-0.05, 0) is 51.7 Å². The molecule has 0 radical (unpaired) electrons. The van der Waals surface area contributed by atoms with Crippen molar-refractivity contribution in [3.8, 4) is 5.00 Å². The Morgan fingerprint density at radius 1 is 1.26 bits per heavy atom. The Hall–Kier alpha value is -3.14. The number of carbonyl (C=O) groups excluding carboxylic acids is 1. The summed E-state index contributed by atoms with van der Waals surface area (Å²) < 4.78 is 7.77. The Morgan fingerprint density at radius 2 is 2.00 bits per heavy atom. The zero-order valence-corrected chi connectivity index (χ0v) is 21.1. The number of aromatic nitrogens is 3. The molecule has 1 aromatic carbocycles. The zero-order valence-electron chi connectivity index (χ0n) is 20.3. The number of hydrogen-bond acceptors (Lipinski definition) is 8. The molecule has 5 rings (SSSR count). The molecule has 0 saturated heterocycles. The number of rotatable bonds is 7. The summed E-state index contributed by atoms with van der Waals surface area (Å²) in [6.45, 7) is 8.50. The number of benzene rings is 1. The van der Waals surface area contributed by atoms with Gasteiger partial charge < -0.3 is 9.94 Å². The van der Waals surface area contributed by atoms with Crippen LogP contribution in [0.5, 0.6) is 0 Å². The van der Waals surface area contributed by atoms with E-state index in [1.165, 1.54) is 4.88 Å². The van der Waals surface area contributed by atoms with Crippen LogP contribution in [0.2, 0.25) is 0 Å². The van der Waals surface area contributed by atoms with E-state index in [1.54, 1.807) is 11.3 Å². The molecular weight excluding hydrogens is 462 g/mol. The van der Waals surface area contributed by atoms with Gasteiger partial charge in [-0.15, -0.1) is 21.5 Å². The van der Waals surface area contributed by atoms with E-state index in [2.05, 4.69) is 29.5 Å². The van der Waals surface area contributed by atoms with Gasteiger partial charge in [0.1, 0.15) is 22.5 Å². The number of esters is 1. The molecule has 0 amide bonds. The number of hydroxylamine groups is 1. The molecule has 8 nitrogen and oxygen atoms in total. The van der Waals surface area contributed by atoms with Gasteiger partial charge in [0.25, 0.3) is 0 Å². The summed E-state index contributed by atoms with van der Waals surface area (Å²) in [6.07, 6.45) is 5.70. The number of carbonyl (C=O) groups is 1. The van der Waals surface area contributed by atoms with Crippen molar-refractivity contribution in [1.29, 1.82) is 0 Å². The summed E-state index contributed by atoms with van der Waals surface area (Å²) in [5.41, 5.74) is 6.82. The number of thiophene rings is 1. The van der Waals surface area contributed by atoms with E-state index >= 15 is 0 Å². The van der Waals surface area contributed by atoms with Crippen LogP contribution in [0.1, 0.15) is 71.0 Å². The molecule has 0 spiro atoms. The maximum absolute atomic E-state index is 12.9. The molecule has 0 bridgehead atoms. The summed E-state index contributed by atoms with van der Waals surface area (Å²) in [4.78, 5) is 19.2. The minimum Gasteiger partial charge on any atom is -0.459 e. The number of fused-ring (bicyclic) bond motifs is 3. The number of aryl methyl sites for hydroxylation is 2. The lowest BCUT2D eigenvalue weighted by molar-refractivity contribution is -0.150. The monoisotopic (exact) mass is 491 g/mol. The van der Waals surface area contributed by atoms with E-state index in [4.69, 9.17) is 14.9 Å². The van der Waals surface area contributed by atoms with Gasteiger partial charge in [-0.1, -0.05) is 36.4 Å². The third-order valence-electron chi connectivity index (χ3n) is 6.62. The van der Waals surface area contributed by atoms with Crippen molar-refractivity contribution in [1.82, 2.24) is 20.2 Å². The molecular formula is C26H29N5O3S. The standard InChI is InChI=1S/C26H29N5O3S/c1-15-16(2)35-25-22(15)23(19-9-7-18(8-10-19)6-5-13-27-33)28-20(24-30-29-17(3)31(24)25)14-21(32)34-26(4)11-12-26/h5-10,20,27,33H,11-14H2,1-4H3/b6-5+/t20-/m0/s1. The first-order valence-electron chi connectivity index (χ1n) is 11.8. The van der Waals surface area contributed by atoms with Crippen molar-refractivity contribution in [2.24, 2.45) is 4.99 Å². The first kappa shape index (κ1) is 23.6. The maximum Gasteiger partial charge on any atom is 0.308 e.